The molecular weight excluding hydrogens is 290 g/mol. The van der Waals surface area contributed by atoms with E-state index in [9.17, 15) is 0 Å². The number of hydrogen-bond acceptors (Lipinski definition) is 1. The van der Waals surface area contributed by atoms with Crippen LogP contribution in [0.15, 0.2) is 54.6 Å². The third-order valence-electron chi connectivity index (χ3n) is 5.33. The van der Waals surface area contributed by atoms with Crippen molar-refractivity contribution in [1.82, 2.24) is 0 Å². The molecule has 1 fully saturated rings. The van der Waals surface area contributed by atoms with Crippen LogP contribution < -0.4 is 4.90 Å². The largest absolute Gasteiger partial charge is 0.339 e. The van der Waals surface area contributed by atoms with E-state index in [1.165, 1.54) is 61.9 Å². The summed E-state index contributed by atoms with van der Waals surface area (Å²) in [5.74, 6) is 0.968. The summed E-state index contributed by atoms with van der Waals surface area (Å²) in [7, 11) is 0. The molecule has 128 valence electrons. The highest BCUT2D eigenvalue weighted by Crippen LogP contribution is 2.30. The van der Waals surface area contributed by atoms with E-state index in [-0.39, 0.29) is 0 Å². The van der Waals surface area contributed by atoms with E-state index in [0.29, 0.717) is 6.04 Å². The predicted molar refractivity (Wildman–Crippen MR) is 105 cm³/mol. The summed E-state index contributed by atoms with van der Waals surface area (Å²) in [6, 6.07) is 20.4. The Balaban J connectivity index is 1.66. The molecular formula is C23H31N. The molecule has 1 heteroatoms. The monoisotopic (exact) mass is 321 g/mol. The van der Waals surface area contributed by atoms with Gasteiger partial charge in [-0.25, -0.2) is 0 Å². The number of rotatable bonds is 6. The van der Waals surface area contributed by atoms with Crippen LogP contribution in [0.1, 0.15) is 57.9 Å². The summed E-state index contributed by atoms with van der Waals surface area (Å²) < 4.78 is 0. The van der Waals surface area contributed by atoms with Crippen molar-refractivity contribution in [3.63, 3.8) is 0 Å². The van der Waals surface area contributed by atoms with Gasteiger partial charge < -0.3 is 4.90 Å². The SMILES string of the molecule is CC(C)N(c1ccccc1)c1ccc(CCC2CCCCC2)cc1. The Morgan fingerprint density at radius 1 is 0.833 bits per heavy atom. The van der Waals surface area contributed by atoms with Crippen molar-refractivity contribution in [2.75, 3.05) is 4.90 Å². The zero-order valence-electron chi connectivity index (χ0n) is 15.2. The molecule has 0 aliphatic heterocycles. The van der Waals surface area contributed by atoms with Crippen molar-refractivity contribution in [3.8, 4) is 0 Å². The zero-order chi connectivity index (χ0) is 16.8. The van der Waals surface area contributed by atoms with Gasteiger partial charge in [0.1, 0.15) is 0 Å². The first-order chi connectivity index (χ1) is 11.7. The fourth-order valence-corrected chi connectivity index (χ4v) is 4.00. The highest BCUT2D eigenvalue weighted by Gasteiger charge is 2.14. The van der Waals surface area contributed by atoms with Crippen molar-refractivity contribution < 1.29 is 0 Å². The van der Waals surface area contributed by atoms with Gasteiger partial charge in [0.25, 0.3) is 0 Å². The maximum absolute atomic E-state index is 2.41. The van der Waals surface area contributed by atoms with Gasteiger partial charge in [0.2, 0.25) is 0 Å². The Bertz CT molecular complexity index is 594. The smallest absolute Gasteiger partial charge is 0.0413 e. The first-order valence-corrected chi connectivity index (χ1v) is 9.67. The average Bonchev–Trinajstić information content (AvgIpc) is 2.63. The molecule has 0 aromatic heterocycles. The molecule has 0 unspecified atom stereocenters. The van der Waals surface area contributed by atoms with Gasteiger partial charge in [-0.3, -0.25) is 0 Å². The second-order valence-corrected chi connectivity index (χ2v) is 7.51. The lowest BCUT2D eigenvalue weighted by molar-refractivity contribution is 0.339. The standard InChI is InChI=1S/C23H31N/c1-19(2)24(22-11-7-4-8-12-22)23-17-15-21(16-18-23)14-13-20-9-5-3-6-10-20/h4,7-8,11-12,15-20H,3,5-6,9-10,13-14H2,1-2H3. The molecule has 0 N–H and O–H groups in total. The van der Waals surface area contributed by atoms with Crippen molar-refractivity contribution in [1.29, 1.82) is 0 Å². The molecule has 0 amide bonds. The minimum absolute atomic E-state index is 0.445. The summed E-state index contributed by atoms with van der Waals surface area (Å²) in [6.45, 7) is 4.51. The highest BCUT2D eigenvalue weighted by molar-refractivity contribution is 5.64. The zero-order valence-corrected chi connectivity index (χ0v) is 15.2. The fraction of sp³-hybridized carbons (Fsp3) is 0.478. The van der Waals surface area contributed by atoms with E-state index >= 15 is 0 Å². The van der Waals surface area contributed by atoms with Crippen molar-refractivity contribution >= 4 is 11.4 Å². The van der Waals surface area contributed by atoms with Crippen LogP contribution in [0.4, 0.5) is 11.4 Å². The predicted octanol–water partition coefficient (Wildman–Crippen LogP) is 6.75. The Morgan fingerprint density at radius 3 is 2.08 bits per heavy atom. The second kappa shape index (κ2) is 8.37. The van der Waals surface area contributed by atoms with Crippen molar-refractivity contribution in [3.05, 3.63) is 60.2 Å². The van der Waals surface area contributed by atoms with Crippen LogP contribution >= 0.6 is 0 Å². The van der Waals surface area contributed by atoms with Gasteiger partial charge in [0.15, 0.2) is 0 Å². The van der Waals surface area contributed by atoms with Crippen LogP contribution in [-0.2, 0) is 6.42 Å². The molecule has 2 aromatic rings. The lowest BCUT2D eigenvalue weighted by Crippen LogP contribution is -2.25. The molecule has 24 heavy (non-hydrogen) atoms. The summed E-state index contributed by atoms with van der Waals surface area (Å²) >= 11 is 0. The van der Waals surface area contributed by atoms with Gasteiger partial charge in [-0.1, -0.05) is 62.4 Å². The second-order valence-electron chi connectivity index (χ2n) is 7.51. The number of para-hydroxylation sites is 1. The number of aryl methyl sites for hydroxylation is 1. The van der Waals surface area contributed by atoms with Crippen LogP contribution in [-0.4, -0.2) is 6.04 Å². The summed E-state index contributed by atoms with van der Waals surface area (Å²) in [4.78, 5) is 2.41. The first kappa shape index (κ1) is 17.1. The van der Waals surface area contributed by atoms with E-state index in [0.717, 1.165) is 5.92 Å². The summed E-state index contributed by atoms with van der Waals surface area (Å²) in [6.07, 6.45) is 9.86. The normalized spacial score (nSPS) is 15.6. The van der Waals surface area contributed by atoms with Gasteiger partial charge in [0.05, 0.1) is 0 Å². The van der Waals surface area contributed by atoms with Gasteiger partial charge in [0, 0.05) is 17.4 Å². The fourth-order valence-electron chi connectivity index (χ4n) is 4.00. The molecule has 3 rings (SSSR count). The van der Waals surface area contributed by atoms with E-state index in [1.54, 1.807) is 0 Å². The number of nitrogens with zero attached hydrogens (tertiary/aromatic N) is 1. The van der Waals surface area contributed by atoms with Gasteiger partial charge in [-0.2, -0.15) is 0 Å². The maximum Gasteiger partial charge on any atom is 0.0413 e. The van der Waals surface area contributed by atoms with Crippen molar-refractivity contribution in [2.45, 2.75) is 64.8 Å². The van der Waals surface area contributed by atoms with Gasteiger partial charge in [-0.05, 0) is 62.4 Å². The molecule has 1 aliphatic carbocycles. The lowest BCUT2D eigenvalue weighted by atomic mass is 9.85. The Labute approximate surface area is 147 Å². The van der Waals surface area contributed by atoms with E-state index < -0.39 is 0 Å². The first-order valence-electron chi connectivity index (χ1n) is 9.67. The molecule has 1 nitrogen and oxygen atoms in total. The quantitative estimate of drug-likeness (QED) is 0.569. The van der Waals surface area contributed by atoms with E-state index in [4.69, 9.17) is 0 Å². The summed E-state index contributed by atoms with van der Waals surface area (Å²) in [5.41, 5.74) is 4.04. The molecule has 1 aliphatic rings. The minimum Gasteiger partial charge on any atom is -0.339 e. The number of benzene rings is 2. The maximum atomic E-state index is 2.41. The van der Waals surface area contributed by atoms with E-state index in [1.807, 2.05) is 0 Å². The van der Waals surface area contributed by atoms with Crippen LogP contribution in [0.25, 0.3) is 0 Å². The molecule has 1 saturated carbocycles. The minimum atomic E-state index is 0.445. The number of anilines is 2. The molecule has 0 bridgehead atoms. The number of hydrogen-bond donors (Lipinski definition) is 0. The van der Waals surface area contributed by atoms with Gasteiger partial charge >= 0.3 is 0 Å². The van der Waals surface area contributed by atoms with Crippen molar-refractivity contribution in [2.24, 2.45) is 5.92 Å². The van der Waals surface area contributed by atoms with Gasteiger partial charge in [-0.15, -0.1) is 0 Å². The third kappa shape index (κ3) is 4.41. The topological polar surface area (TPSA) is 3.24 Å². The lowest BCUT2D eigenvalue weighted by Gasteiger charge is -2.29. The summed E-state index contributed by atoms with van der Waals surface area (Å²) in [5, 5.41) is 0. The molecule has 0 heterocycles. The van der Waals surface area contributed by atoms with Crippen LogP contribution in [0.3, 0.4) is 0 Å². The van der Waals surface area contributed by atoms with Crippen LogP contribution in [0, 0.1) is 5.92 Å². The molecule has 0 saturated heterocycles. The molecule has 2 aromatic carbocycles. The highest BCUT2D eigenvalue weighted by atomic mass is 15.2. The van der Waals surface area contributed by atoms with Crippen LogP contribution in [0.2, 0.25) is 0 Å². The Morgan fingerprint density at radius 2 is 1.46 bits per heavy atom. The Hall–Kier alpha value is -1.76. The molecule has 0 atom stereocenters. The average molecular weight is 322 g/mol. The Kier molecular flexibility index (Phi) is 5.96. The molecule has 0 radical (unpaired) electrons. The van der Waals surface area contributed by atoms with Crippen LogP contribution in [0.5, 0.6) is 0 Å². The van der Waals surface area contributed by atoms with E-state index in [2.05, 4.69) is 73.3 Å². The third-order valence-corrected chi connectivity index (χ3v) is 5.33. The molecule has 0 spiro atoms.